The molecule has 2 atom stereocenters. The lowest BCUT2D eigenvalue weighted by atomic mass is 10.0. The lowest BCUT2D eigenvalue weighted by Gasteiger charge is -2.32. The quantitative estimate of drug-likeness (QED) is 0.463. The molecule has 232 valence electrons. The van der Waals surface area contributed by atoms with Gasteiger partial charge in [0.25, 0.3) is 11.8 Å². The van der Waals surface area contributed by atoms with E-state index in [2.05, 4.69) is 10.6 Å². The Hall–Kier alpha value is -4.47. The molecule has 2 N–H and O–H groups in total. The molecular weight excluding hydrogens is 563 g/mol. The molecule has 5 rings (SSSR count). The average Bonchev–Trinajstić information content (AvgIpc) is 3.69. The number of hydrogen-bond donors (Lipinski definition) is 2. The maximum atomic E-state index is 14.8. The minimum Gasteiger partial charge on any atom is -0.451 e. The van der Waals surface area contributed by atoms with E-state index in [9.17, 15) is 23.6 Å². The van der Waals surface area contributed by atoms with Gasteiger partial charge in [-0.15, -0.1) is 0 Å². The maximum Gasteiger partial charge on any atom is 0.290 e. The van der Waals surface area contributed by atoms with Crippen LogP contribution in [0, 0.1) is 18.7 Å². The molecule has 44 heavy (non-hydrogen) atoms. The van der Waals surface area contributed by atoms with Crippen LogP contribution in [0.15, 0.2) is 59.0 Å². The van der Waals surface area contributed by atoms with Crippen LogP contribution in [0.5, 0.6) is 0 Å². The van der Waals surface area contributed by atoms with E-state index in [0.717, 1.165) is 16.7 Å². The van der Waals surface area contributed by atoms with Gasteiger partial charge in [0.1, 0.15) is 24.2 Å². The Labute approximate surface area is 256 Å². The van der Waals surface area contributed by atoms with Crippen LogP contribution in [0.4, 0.5) is 4.39 Å². The molecule has 1 fully saturated rings. The van der Waals surface area contributed by atoms with Crippen LogP contribution < -0.4 is 10.6 Å². The molecule has 2 aromatic carbocycles. The Morgan fingerprint density at radius 1 is 1.02 bits per heavy atom. The summed E-state index contributed by atoms with van der Waals surface area (Å²) in [7, 11) is 0. The molecule has 0 spiro atoms. The summed E-state index contributed by atoms with van der Waals surface area (Å²) in [6.45, 7) is 6.31. The first kappa shape index (κ1) is 31.0. The van der Waals surface area contributed by atoms with Crippen molar-refractivity contribution in [1.82, 2.24) is 20.4 Å². The summed E-state index contributed by atoms with van der Waals surface area (Å²) in [6.07, 6.45) is 2.13. The van der Waals surface area contributed by atoms with Crippen molar-refractivity contribution in [2.75, 3.05) is 26.2 Å². The fourth-order valence-electron chi connectivity index (χ4n) is 5.72. The number of halogens is 1. The molecule has 0 radical (unpaired) electrons. The molecule has 2 aliphatic rings. The number of nitrogens with one attached hydrogen (secondary N) is 2. The number of carbonyl (C=O) groups is 4. The number of carbonyl (C=O) groups excluding carboxylic acids is 4. The number of fused-ring (bicyclic) bond motifs is 3. The molecule has 1 aromatic heterocycles. The highest BCUT2D eigenvalue weighted by atomic mass is 19.1. The number of hydrogen-bond acceptors (Lipinski definition) is 5. The SMILES string of the molecule is Cc1ccc(-c2ccc(C(=O)N3CC(=O)NCCCc4ccc(F)c(c4)C(=O)N4CCC[C@H]4C(=O)N[C@H](C(C)C)C3)o2)cc1. The minimum absolute atomic E-state index is 0.0479. The Balaban J connectivity index is 1.42. The van der Waals surface area contributed by atoms with Gasteiger partial charge in [-0.2, -0.15) is 0 Å². The Morgan fingerprint density at radius 3 is 2.55 bits per heavy atom. The van der Waals surface area contributed by atoms with E-state index in [1.807, 2.05) is 45.0 Å². The second-order valence-corrected chi connectivity index (χ2v) is 12.0. The third-order valence-corrected chi connectivity index (χ3v) is 8.37. The lowest BCUT2D eigenvalue weighted by Crippen LogP contribution is -2.54. The van der Waals surface area contributed by atoms with Gasteiger partial charge in [0.2, 0.25) is 11.8 Å². The number of nitrogens with zero attached hydrogens (tertiary/aromatic N) is 2. The predicted octanol–water partition coefficient (Wildman–Crippen LogP) is 4.34. The number of benzene rings is 2. The largest absolute Gasteiger partial charge is 0.451 e. The van der Waals surface area contributed by atoms with Crippen LogP contribution in [0.2, 0.25) is 0 Å². The molecule has 1 saturated heterocycles. The zero-order valence-electron chi connectivity index (χ0n) is 25.4. The molecule has 3 heterocycles. The van der Waals surface area contributed by atoms with Crippen LogP contribution >= 0.6 is 0 Å². The first-order chi connectivity index (χ1) is 21.1. The molecule has 4 amide bonds. The molecule has 3 aromatic rings. The van der Waals surface area contributed by atoms with Gasteiger partial charge in [-0.1, -0.05) is 49.7 Å². The highest BCUT2D eigenvalue weighted by Gasteiger charge is 2.37. The molecule has 2 aliphatic heterocycles. The molecular formula is C34H39FN4O5. The molecule has 0 unspecified atom stereocenters. The summed E-state index contributed by atoms with van der Waals surface area (Å²) >= 11 is 0. The van der Waals surface area contributed by atoms with E-state index >= 15 is 0 Å². The Bertz CT molecular complexity index is 1530. The third-order valence-electron chi connectivity index (χ3n) is 8.37. The van der Waals surface area contributed by atoms with Crippen molar-refractivity contribution < 1.29 is 28.0 Å². The second-order valence-electron chi connectivity index (χ2n) is 12.0. The topological polar surface area (TPSA) is 112 Å². The van der Waals surface area contributed by atoms with Gasteiger partial charge in [0.15, 0.2) is 5.76 Å². The van der Waals surface area contributed by atoms with Crippen LogP contribution in [0.25, 0.3) is 11.3 Å². The minimum atomic E-state index is -0.767. The fourth-order valence-corrected chi connectivity index (χ4v) is 5.72. The van der Waals surface area contributed by atoms with Gasteiger partial charge in [0.05, 0.1) is 5.56 Å². The Kier molecular flexibility index (Phi) is 9.46. The van der Waals surface area contributed by atoms with Crippen LogP contribution in [-0.2, 0) is 16.0 Å². The van der Waals surface area contributed by atoms with Crippen LogP contribution in [-0.4, -0.2) is 71.7 Å². The predicted molar refractivity (Wildman–Crippen MR) is 163 cm³/mol. The number of aryl methyl sites for hydroxylation is 2. The summed E-state index contributed by atoms with van der Waals surface area (Å²) in [6, 6.07) is 14.2. The van der Waals surface area contributed by atoms with Crippen molar-refractivity contribution >= 4 is 23.6 Å². The summed E-state index contributed by atoms with van der Waals surface area (Å²) in [4.78, 5) is 56.8. The Morgan fingerprint density at radius 2 is 1.80 bits per heavy atom. The van der Waals surface area contributed by atoms with Crippen molar-refractivity contribution in [3.63, 3.8) is 0 Å². The van der Waals surface area contributed by atoms with Crippen molar-refractivity contribution in [2.45, 2.75) is 58.5 Å². The molecule has 2 bridgehead atoms. The van der Waals surface area contributed by atoms with Crippen molar-refractivity contribution in [2.24, 2.45) is 5.92 Å². The van der Waals surface area contributed by atoms with Gasteiger partial charge in [-0.25, -0.2) is 4.39 Å². The van der Waals surface area contributed by atoms with Gasteiger partial charge >= 0.3 is 0 Å². The number of rotatable bonds is 3. The van der Waals surface area contributed by atoms with Crippen LogP contribution in [0.3, 0.4) is 0 Å². The zero-order valence-corrected chi connectivity index (χ0v) is 25.4. The molecule has 10 heteroatoms. The average molecular weight is 603 g/mol. The first-order valence-electron chi connectivity index (χ1n) is 15.2. The monoisotopic (exact) mass is 602 g/mol. The lowest BCUT2D eigenvalue weighted by molar-refractivity contribution is -0.126. The van der Waals surface area contributed by atoms with Gasteiger partial charge in [-0.05, 0) is 68.4 Å². The number of amides is 4. The molecule has 0 aliphatic carbocycles. The van der Waals surface area contributed by atoms with Gasteiger partial charge in [-0.3, -0.25) is 19.2 Å². The first-order valence-corrected chi connectivity index (χ1v) is 15.2. The summed E-state index contributed by atoms with van der Waals surface area (Å²) in [5.41, 5.74) is 2.62. The smallest absolute Gasteiger partial charge is 0.290 e. The zero-order chi connectivity index (χ0) is 31.4. The van der Waals surface area contributed by atoms with Gasteiger partial charge in [0, 0.05) is 31.2 Å². The highest BCUT2D eigenvalue weighted by Crippen LogP contribution is 2.25. The third kappa shape index (κ3) is 7.01. The van der Waals surface area contributed by atoms with E-state index < -0.39 is 29.7 Å². The van der Waals surface area contributed by atoms with Crippen molar-refractivity contribution in [3.8, 4) is 11.3 Å². The number of furan rings is 1. The maximum absolute atomic E-state index is 14.8. The fraction of sp³-hybridized carbons (Fsp3) is 0.412. The second kappa shape index (κ2) is 13.4. The highest BCUT2D eigenvalue weighted by molar-refractivity contribution is 5.98. The van der Waals surface area contributed by atoms with Crippen LogP contribution in [0.1, 0.15) is 65.1 Å². The standard InChI is InChI=1S/C34H39FN4O5/c1-21(2)27-19-38(34(43)30-15-14-29(44-30)24-11-8-22(3)9-12-24)20-31(40)36-16-4-6-23-10-13-26(35)25(18-23)33(42)39-17-5-7-28(39)32(41)37-27/h8-15,18,21,27-28H,4-7,16-17,19-20H2,1-3H3,(H,36,40)(H,37,41)/t27-,28-/m0/s1. The van der Waals surface area contributed by atoms with Crippen molar-refractivity contribution in [3.05, 3.63) is 82.9 Å². The normalized spacial score (nSPS) is 20.2. The molecule has 0 saturated carbocycles. The van der Waals surface area contributed by atoms with E-state index in [1.165, 1.54) is 21.9 Å². The van der Waals surface area contributed by atoms with E-state index in [0.29, 0.717) is 44.5 Å². The summed E-state index contributed by atoms with van der Waals surface area (Å²) in [5.74, 6) is -1.83. The molecule has 9 nitrogen and oxygen atoms in total. The van der Waals surface area contributed by atoms with E-state index in [4.69, 9.17) is 4.42 Å². The summed E-state index contributed by atoms with van der Waals surface area (Å²) < 4.78 is 20.7. The van der Waals surface area contributed by atoms with Crippen molar-refractivity contribution in [1.29, 1.82) is 0 Å². The van der Waals surface area contributed by atoms with E-state index in [-0.39, 0.29) is 42.1 Å². The summed E-state index contributed by atoms with van der Waals surface area (Å²) in [5, 5.41) is 5.89. The van der Waals surface area contributed by atoms with E-state index in [1.54, 1.807) is 18.2 Å². The van der Waals surface area contributed by atoms with Gasteiger partial charge < -0.3 is 24.9 Å².